The minimum atomic E-state index is -5.09. The number of ether oxygens (including phenoxy) is 1. The molecule has 45 heavy (non-hydrogen) atoms. The summed E-state index contributed by atoms with van der Waals surface area (Å²) in [7, 11) is 1.43. The van der Waals surface area contributed by atoms with Crippen LogP contribution in [0, 0.1) is 0 Å². The van der Waals surface area contributed by atoms with E-state index in [4.69, 9.17) is 4.74 Å². The Morgan fingerprint density at radius 3 is 2.13 bits per heavy atom. The van der Waals surface area contributed by atoms with Crippen LogP contribution in [-0.2, 0) is 34.8 Å². The summed E-state index contributed by atoms with van der Waals surface area (Å²) in [5.41, 5.74) is -1.08. The maximum Gasteiger partial charge on any atom is 0.416 e. The fraction of sp³-hybridized carbons (Fsp3) is 0.312. The predicted molar refractivity (Wildman–Crippen MR) is 157 cm³/mol. The lowest BCUT2D eigenvalue weighted by molar-refractivity contribution is -0.143. The Morgan fingerprint density at radius 1 is 0.844 bits per heavy atom. The summed E-state index contributed by atoms with van der Waals surface area (Å²) in [5, 5.41) is 3.14. The number of carbonyl (C=O) groups excluding carboxylic acids is 2. The fourth-order valence-corrected chi connectivity index (χ4v) is 4.83. The van der Waals surface area contributed by atoms with E-state index in [1.54, 1.807) is 4.90 Å². The van der Waals surface area contributed by atoms with Crippen molar-refractivity contribution in [2.75, 3.05) is 38.7 Å². The first-order chi connectivity index (χ1) is 21.3. The number of anilines is 1. The lowest BCUT2D eigenvalue weighted by atomic mass is 10.1. The highest BCUT2D eigenvalue weighted by atomic mass is 19.4. The van der Waals surface area contributed by atoms with Crippen molar-refractivity contribution in [1.82, 2.24) is 14.8 Å². The molecule has 0 atom stereocenters. The number of benzene rings is 3. The van der Waals surface area contributed by atoms with Crippen LogP contribution in [0.3, 0.4) is 0 Å². The summed E-state index contributed by atoms with van der Waals surface area (Å²) in [4.78, 5) is 32.8. The number of amides is 3. The van der Waals surface area contributed by atoms with Gasteiger partial charge in [-0.15, -0.1) is 0 Å². The Labute approximate surface area is 255 Å². The molecule has 1 heterocycles. The van der Waals surface area contributed by atoms with Crippen LogP contribution in [0.4, 0.5) is 36.8 Å². The van der Waals surface area contributed by atoms with Gasteiger partial charge in [-0.3, -0.25) is 4.79 Å². The van der Waals surface area contributed by atoms with Gasteiger partial charge in [0.15, 0.2) is 0 Å². The van der Waals surface area contributed by atoms with Crippen LogP contribution < -0.4 is 5.32 Å². The second-order valence-corrected chi connectivity index (χ2v) is 10.4. The molecule has 4 aromatic rings. The lowest BCUT2D eigenvalue weighted by Crippen LogP contribution is -2.45. The number of rotatable bonds is 12. The van der Waals surface area contributed by atoms with Crippen molar-refractivity contribution >= 4 is 28.5 Å². The van der Waals surface area contributed by atoms with Crippen molar-refractivity contribution in [1.29, 1.82) is 0 Å². The van der Waals surface area contributed by atoms with Gasteiger partial charge >= 0.3 is 18.4 Å². The first kappa shape index (κ1) is 33.4. The van der Waals surface area contributed by atoms with Crippen LogP contribution in [0.1, 0.15) is 28.7 Å². The van der Waals surface area contributed by atoms with Gasteiger partial charge in [0.25, 0.3) is 0 Å². The highest BCUT2D eigenvalue weighted by Crippen LogP contribution is 2.37. The smallest absolute Gasteiger partial charge is 0.385 e. The van der Waals surface area contributed by atoms with E-state index in [1.165, 1.54) is 7.11 Å². The molecule has 4 rings (SSSR count). The van der Waals surface area contributed by atoms with Gasteiger partial charge in [-0.05, 0) is 48.2 Å². The van der Waals surface area contributed by atoms with E-state index in [1.807, 2.05) is 60.8 Å². The van der Waals surface area contributed by atoms with Crippen molar-refractivity contribution in [2.24, 2.45) is 0 Å². The van der Waals surface area contributed by atoms with Crippen molar-refractivity contribution in [2.45, 2.75) is 31.7 Å². The Bertz CT molecular complexity index is 1560. The first-order valence-electron chi connectivity index (χ1n) is 14.1. The molecule has 3 amide bonds. The van der Waals surface area contributed by atoms with E-state index in [0.29, 0.717) is 18.6 Å². The van der Waals surface area contributed by atoms with Crippen molar-refractivity contribution in [3.05, 3.63) is 101 Å². The van der Waals surface area contributed by atoms with Crippen LogP contribution in [-0.4, -0.2) is 60.1 Å². The number of para-hydroxylation sites is 1. The Balaban J connectivity index is 1.56. The molecule has 0 unspecified atom stereocenters. The molecule has 0 fully saturated rings. The number of methoxy groups -OCH3 is 1. The van der Waals surface area contributed by atoms with Crippen molar-refractivity contribution in [3.8, 4) is 0 Å². The molecule has 1 aromatic heterocycles. The monoisotopic (exact) mass is 634 g/mol. The molecule has 13 heteroatoms. The number of hydrogen-bond acceptors (Lipinski definition) is 3. The number of alkyl halides is 6. The highest BCUT2D eigenvalue weighted by Gasteiger charge is 2.37. The van der Waals surface area contributed by atoms with Gasteiger partial charge in [0, 0.05) is 56.1 Å². The van der Waals surface area contributed by atoms with Gasteiger partial charge in [0.05, 0.1) is 11.1 Å². The van der Waals surface area contributed by atoms with E-state index >= 15 is 0 Å². The number of fused-ring (bicyclic) bond motifs is 1. The maximum atomic E-state index is 13.7. The number of hydrogen-bond donors (Lipinski definition) is 2. The Morgan fingerprint density at radius 2 is 1.49 bits per heavy atom. The van der Waals surface area contributed by atoms with Crippen LogP contribution in [0.15, 0.2) is 79.0 Å². The van der Waals surface area contributed by atoms with E-state index in [-0.39, 0.29) is 38.7 Å². The molecule has 240 valence electrons. The molecule has 3 aromatic carbocycles. The average Bonchev–Trinajstić information content (AvgIpc) is 3.41. The summed E-state index contributed by atoms with van der Waals surface area (Å²) < 4.78 is 85.3. The topological polar surface area (TPSA) is 77.7 Å². The Kier molecular flexibility index (Phi) is 10.8. The summed E-state index contributed by atoms with van der Waals surface area (Å²) >= 11 is 0. The summed E-state index contributed by atoms with van der Waals surface area (Å²) in [5.74, 6) is -0.453. The lowest BCUT2D eigenvalue weighted by Gasteiger charge is -2.28. The number of halogens is 6. The number of aromatic amines is 1. The molecule has 0 saturated carbocycles. The largest absolute Gasteiger partial charge is 0.416 e. The predicted octanol–water partition coefficient (Wildman–Crippen LogP) is 7.35. The summed E-state index contributed by atoms with van der Waals surface area (Å²) in [6.45, 7) is 0.192. The first-order valence-corrected chi connectivity index (χ1v) is 14.1. The second kappa shape index (κ2) is 14.5. The number of urea groups is 1. The molecule has 0 bridgehead atoms. The van der Waals surface area contributed by atoms with Crippen molar-refractivity contribution in [3.63, 3.8) is 0 Å². The van der Waals surface area contributed by atoms with Gasteiger partial charge in [-0.2, -0.15) is 26.3 Å². The van der Waals surface area contributed by atoms with Crippen LogP contribution in [0.5, 0.6) is 0 Å². The molecule has 0 aliphatic carbocycles. The number of carbonyl (C=O) groups is 2. The van der Waals surface area contributed by atoms with Gasteiger partial charge in [-0.1, -0.05) is 48.5 Å². The summed E-state index contributed by atoms with van der Waals surface area (Å²) in [6.07, 6.45) is -7.55. The number of H-pyrrole nitrogens is 1. The average molecular weight is 635 g/mol. The molecule has 0 aliphatic heterocycles. The minimum Gasteiger partial charge on any atom is -0.385 e. The van der Waals surface area contributed by atoms with Crippen LogP contribution >= 0.6 is 0 Å². The third-order valence-corrected chi connectivity index (χ3v) is 7.12. The molecule has 0 radical (unpaired) electrons. The fourth-order valence-electron chi connectivity index (χ4n) is 4.83. The minimum absolute atomic E-state index is 0.0231. The third kappa shape index (κ3) is 9.24. The van der Waals surface area contributed by atoms with Gasteiger partial charge < -0.3 is 24.8 Å². The van der Waals surface area contributed by atoms with Gasteiger partial charge in [0.2, 0.25) is 5.91 Å². The second-order valence-electron chi connectivity index (χ2n) is 10.4. The molecule has 7 nitrogen and oxygen atoms in total. The van der Waals surface area contributed by atoms with E-state index in [2.05, 4.69) is 10.3 Å². The third-order valence-electron chi connectivity index (χ3n) is 7.12. The molecule has 0 spiro atoms. The van der Waals surface area contributed by atoms with Gasteiger partial charge in [-0.25, -0.2) is 4.79 Å². The molecule has 0 saturated heterocycles. The summed E-state index contributed by atoms with van der Waals surface area (Å²) in [6, 6.07) is 16.7. The van der Waals surface area contributed by atoms with E-state index < -0.39 is 47.6 Å². The van der Waals surface area contributed by atoms with Crippen molar-refractivity contribution < 1.29 is 40.7 Å². The van der Waals surface area contributed by atoms with E-state index in [0.717, 1.165) is 26.9 Å². The zero-order chi connectivity index (χ0) is 32.6. The molecule has 0 aliphatic rings. The standard InChI is InChI=1S/C32H32F6N4O3/c1-45-15-7-13-42(30(44)40-26-17-24(31(33,34)35)16-25(18-26)32(36,37)38)21-29(43)41(20-22-8-3-2-4-9-22)14-12-23-19-39-28-11-6-5-10-27(23)28/h2-6,8-11,16-19,39H,7,12-15,20-21H2,1H3,(H,40,44). The molecular formula is C32H32F6N4O3. The number of nitrogens with one attached hydrogen (secondary N) is 2. The maximum absolute atomic E-state index is 13.7. The molecular weight excluding hydrogens is 602 g/mol. The van der Waals surface area contributed by atoms with Gasteiger partial charge in [0.1, 0.15) is 6.54 Å². The zero-order valence-corrected chi connectivity index (χ0v) is 24.3. The zero-order valence-electron chi connectivity index (χ0n) is 24.3. The highest BCUT2D eigenvalue weighted by molar-refractivity contribution is 5.92. The van der Waals surface area contributed by atoms with Crippen LogP contribution in [0.25, 0.3) is 10.9 Å². The van der Waals surface area contributed by atoms with E-state index in [9.17, 15) is 35.9 Å². The Hall–Kier alpha value is -4.52. The normalized spacial score (nSPS) is 11.9. The SMILES string of the molecule is COCCCN(CC(=O)N(CCc1c[nH]c2ccccc12)Cc1ccccc1)C(=O)Nc1cc(C(F)(F)F)cc(C(F)(F)F)c1. The quantitative estimate of drug-likeness (QED) is 0.126. The van der Waals surface area contributed by atoms with Crippen LogP contribution in [0.2, 0.25) is 0 Å². The number of nitrogens with zero attached hydrogens (tertiary/aromatic N) is 2. The molecule has 2 N–H and O–H groups in total. The number of aromatic nitrogens is 1.